The molecule has 108 valence electrons. The monoisotopic (exact) mass is 286 g/mol. The van der Waals surface area contributed by atoms with Crippen LogP contribution in [0.4, 0.5) is 4.39 Å². The van der Waals surface area contributed by atoms with Gasteiger partial charge in [0, 0.05) is 19.7 Å². The van der Waals surface area contributed by atoms with E-state index in [1.807, 2.05) is 28.8 Å². The van der Waals surface area contributed by atoms with E-state index < -0.39 is 5.82 Å². The second kappa shape index (κ2) is 5.54. The average molecular weight is 286 g/mol. The van der Waals surface area contributed by atoms with Crippen LogP contribution in [-0.4, -0.2) is 28.4 Å². The molecular formula is C16H15FN2O2. The molecule has 0 radical (unpaired) electrons. The van der Waals surface area contributed by atoms with E-state index in [-0.39, 0.29) is 5.75 Å². The zero-order valence-electron chi connectivity index (χ0n) is 11.6. The third kappa shape index (κ3) is 2.48. The Bertz CT molecular complexity index is 783. The molecule has 1 aromatic heterocycles. The number of methoxy groups -OCH3 is 1. The molecule has 0 bridgehead atoms. The molecule has 0 saturated carbocycles. The summed E-state index contributed by atoms with van der Waals surface area (Å²) in [6.07, 6.45) is 0. The number of aromatic hydroxyl groups is 1. The van der Waals surface area contributed by atoms with Crippen molar-refractivity contribution in [2.24, 2.45) is 0 Å². The van der Waals surface area contributed by atoms with E-state index >= 15 is 0 Å². The Labute approximate surface area is 121 Å². The first kappa shape index (κ1) is 13.6. The molecule has 1 N–H and O–H groups in total. The lowest BCUT2D eigenvalue weighted by Crippen LogP contribution is -2.06. The van der Waals surface area contributed by atoms with Crippen LogP contribution in [0.3, 0.4) is 0 Å². The zero-order valence-corrected chi connectivity index (χ0v) is 11.6. The minimum Gasteiger partial charge on any atom is -0.508 e. The predicted octanol–water partition coefficient (Wildman–Crippen LogP) is 3.19. The summed E-state index contributed by atoms with van der Waals surface area (Å²) in [6, 6.07) is 11.7. The Morgan fingerprint density at radius 1 is 1.24 bits per heavy atom. The number of hydrogen-bond donors (Lipinski definition) is 1. The van der Waals surface area contributed by atoms with Gasteiger partial charge in [-0.05, 0) is 24.3 Å². The normalized spacial score (nSPS) is 11.1. The minimum absolute atomic E-state index is 0.101. The van der Waals surface area contributed by atoms with Crippen molar-refractivity contribution in [2.75, 3.05) is 13.7 Å². The number of nitrogens with zero attached hydrogens (tertiary/aromatic N) is 2. The van der Waals surface area contributed by atoms with Gasteiger partial charge in [0.05, 0.1) is 23.2 Å². The molecule has 4 nitrogen and oxygen atoms in total. The second-order valence-electron chi connectivity index (χ2n) is 4.73. The molecule has 0 aliphatic rings. The predicted molar refractivity (Wildman–Crippen MR) is 78.7 cm³/mol. The van der Waals surface area contributed by atoms with Gasteiger partial charge in [-0.3, -0.25) is 0 Å². The first-order valence-electron chi connectivity index (χ1n) is 6.64. The van der Waals surface area contributed by atoms with Crippen molar-refractivity contribution in [3.8, 4) is 17.1 Å². The third-order valence-electron chi connectivity index (χ3n) is 3.37. The quantitative estimate of drug-likeness (QED) is 0.801. The molecule has 3 aromatic rings. The zero-order chi connectivity index (χ0) is 14.8. The van der Waals surface area contributed by atoms with Gasteiger partial charge < -0.3 is 14.4 Å². The van der Waals surface area contributed by atoms with Crippen LogP contribution < -0.4 is 0 Å². The standard InChI is InChI=1S/C16H15FN2O2/c1-21-9-8-19-15-5-3-2-4-14(15)18-16(19)12-7-6-11(20)10-13(12)17/h2-7,10,20H,8-9H2,1H3. The Hall–Kier alpha value is -2.40. The van der Waals surface area contributed by atoms with E-state index in [1.165, 1.54) is 12.1 Å². The molecule has 0 aliphatic heterocycles. The number of rotatable bonds is 4. The van der Waals surface area contributed by atoms with E-state index in [2.05, 4.69) is 4.98 Å². The molecule has 0 aliphatic carbocycles. The Kier molecular flexibility index (Phi) is 3.58. The topological polar surface area (TPSA) is 47.3 Å². The summed E-state index contributed by atoms with van der Waals surface area (Å²) in [5.74, 6) is -0.0643. The van der Waals surface area contributed by atoms with Crippen molar-refractivity contribution in [2.45, 2.75) is 6.54 Å². The lowest BCUT2D eigenvalue weighted by Gasteiger charge is -2.09. The number of halogens is 1. The first-order chi connectivity index (χ1) is 10.2. The van der Waals surface area contributed by atoms with Crippen LogP contribution in [-0.2, 0) is 11.3 Å². The number of phenolic OH excluding ortho intramolecular Hbond substituents is 1. The fraction of sp³-hybridized carbons (Fsp3) is 0.188. The van der Waals surface area contributed by atoms with Gasteiger partial charge in [-0.15, -0.1) is 0 Å². The van der Waals surface area contributed by atoms with E-state index in [0.717, 1.165) is 17.1 Å². The molecular weight excluding hydrogens is 271 g/mol. The number of ether oxygens (including phenoxy) is 1. The molecule has 0 saturated heterocycles. The molecule has 0 amide bonds. The number of para-hydroxylation sites is 2. The van der Waals surface area contributed by atoms with Crippen LogP contribution in [0.5, 0.6) is 5.75 Å². The maximum Gasteiger partial charge on any atom is 0.144 e. The molecule has 21 heavy (non-hydrogen) atoms. The number of imidazole rings is 1. The van der Waals surface area contributed by atoms with Gasteiger partial charge in [0.2, 0.25) is 0 Å². The van der Waals surface area contributed by atoms with Crippen molar-refractivity contribution in [1.82, 2.24) is 9.55 Å². The summed E-state index contributed by atoms with van der Waals surface area (Å²) < 4.78 is 21.2. The molecule has 1 heterocycles. The summed E-state index contributed by atoms with van der Waals surface area (Å²) in [5, 5.41) is 9.35. The minimum atomic E-state index is -0.496. The van der Waals surface area contributed by atoms with Gasteiger partial charge in [-0.1, -0.05) is 12.1 Å². The molecule has 0 unspecified atom stereocenters. The maximum absolute atomic E-state index is 14.1. The highest BCUT2D eigenvalue weighted by atomic mass is 19.1. The smallest absolute Gasteiger partial charge is 0.144 e. The number of benzene rings is 2. The SMILES string of the molecule is COCCn1c(-c2ccc(O)cc2F)nc2ccccc21. The van der Waals surface area contributed by atoms with Crippen LogP contribution >= 0.6 is 0 Å². The van der Waals surface area contributed by atoms with Gasteiger partial charge in [-0.25, -0.2) is 9.37 Å². The third-order valence-corrected chi connectivity index (χ3v) is 3.37. The van der Waals surface area contributed by atoms with Crippen molar-refractivity contribution in [1.29, 1.82) is 0 Å². The van der Waals surface area contributed by atoms with Crippen molar-refractivity contribution in [3.05, 3.63) is 48.3 Å². The van der Waals surface area contributed by atoms with E-state index in [0.29, 0.717) is 24.5 Å². The van der Waals surface area contributed by atoms with Gasteiger partial charge in [0.15, 0.2) is 0 Å². The Morgan fingerprint density at radius 3 is 2.81 bits per heavy atom. The summed E-state index contributed by atoms with van der Waals surface area (Å²) in [6.45, 7) is 1.08. The first-order valence-corrected chi connectivity index (χ1v) is 6.64. The lowest BCUT2D eigenvalue weighted by atomic mass is 10.2. The van der Waals surface area contributed by atoms with Crippen molar-refractivity contribution >= 4 is 11.0 Å². The van der Waals surface area contributed by atoms with Gasteiger partial charge in [0.1, 0.15) is 17.4 Å². The van der Waals surface area contributed by atoms with Crippen LogP contribution in [0.25, 0.3) is 22.4 Å². The van der Waals surface area contributed by atoms with Gasteiger partial charge in [0.25, 0.3) is 0 Å². The average Bonchev–Trinajstić information content (AvgIpc) is 2.83. The van der Waals surface area contributed by atoms with Crippen molar-refractivity contribution < 1.29 is 14.2 Å². The molecule has 0 atom stereocenters. The summed E-state index contributed by atoms with van der Waals surface area (Å²) in [4.78, 5) is 4.51. The van der Waals surface area contributed by atoms with Gasteiger partial charge in [-0.2, -0.15) is 0 Å². The second-order valence-corrected chi connectivity index (χ2v) is 4.73. The lowest BCUT2D eigenvalue weighted by molar-refractivity contribution is 0.188. The highest BCUT2D eigenvalue weighted by molar-refractivity contribution is 5.80. The largest absolute Gasteiger partial charge is 0.508 e. The molecule has 0 fully saturated rings. The number of phenols is 1. The fourth-order valence-corrected chi connectivity index (χ4v) is 2.38. The van der Waals surface area contributed by atoms with Crippen molar-refractivity contribution in [3.63, 3.8) is 0 Å². The van der Waals surface area contributed by atoms with E-state index in [4.69, 9.17) is 4.74 Å². The van der Waals surface area contributed by atoms with Crippen LogP contribution in [0.15, 0.2) is 42.5 Å². The molecule has 0 spiro atoms. The number of fused-ring (bicyclic) bond motifs is 1. The van der Waals surface area contributed by atoms with Crippen LogP contribution in [0, 0.1) is 5.82 Å². The number of aromatic nitrogens is 2. The Morgan fingerprint density at radius 2 is 2.05 bits per heavy atom. The van der Waals surface area contributed by atoms with Gasteiger partial charge >= 0.3 is 0 Å². The summed E-state index contributed by atoms with van der Waals surface area (Å²) in [5.41, 5.74) is 2.09. The van der Waals surface area contributed by atoms with Crippen LogP contribution in [0.2, 0.25) is 0 Å². The Balaban J connectivity index is 2.20. The molecule has 2 aromatic carbocycles. The maximum atomic E-state index is 14.1. The van der Waals surface area contributed by atoms with E-state index in [1.54, 1.807) is 7.11 Å². The highest BCUT2D eigenvalue weighted by Gasteiger charge is 2.15. The fourth-order valence-electron chi connectivity index (χ4n) is 2.38. The molecule has 5 heteroatoms. The summed E-state index contributed by atoms with van der Waals surface area (Å²) in [7, 11) is 1.62. The number of hydrogen-bond acceptors (Lipinski definition) is 3. The van der Waals surface area contributed by atoms with E-state index in [9.17, 15) is 9.50 Å². The summed E-state index contributed by atoms with van der Waals surface area (Å²) >= 11 is 0. The highest BCUT2D eigenvalue weighted by Crippen LogP contribution is 2.28. The molecule has 3 rings (SSSR count). The van der Waals surface area contributed by atoms with Crippen LogP contribution in [0.1, 0.15) is 0 Å².